The van der Waals surface area contributed by atoms with Gasteiger partial charge in [0.15, 0.2) is 5.82 Å². The van der Waals surface area contributed by atoms with Gasteiger partial charge in [-0.2, -0.15) is 15.2 Å². The van der Waals surface area contributed by atoms with Crippen molar-refractivity contribution in [1.82, 2.24) is 34.7 Å². The Morgan fingerprint density at radius 1 is 1.16 bits per heavy atom. The zero-order chi connectivity index (χ0) is 21.4. The highest BCUT2D eigenvalue weighted by molar-refractivity contribution is 5.87. The average molecular weight is 420 g/mol. The van der Waals surface area contributed by atoms with Crippen LogP contribution >= 0.6 is 0 Å². The maximum atomic E-state index is 4.97. The summed E-state index contributed by atoms with van der Waals surface area (Å²) in [5.41, 5.74) is 3.86. The van der Waals surface area contributed by atoms with Crippen LogP contribution in [0.4, 0.5) is 11.8 Å². The summed E-state index contributed by atoms with van der Waals surface area (Å²) >= 11 is 0. The van der Waals surface area contributed by atoms with Gasteiger partial charge in [0.1, 0.15) is 11.0 Å². The van der Waals surface area contributed by atoms with Crippen LogP contribution < -0.4 is 15.5 Å². The Labute approximate surface area is 181 Å². The normalized spacial score (nSPS) is 16.7. The second-order valence-corrected chi connectivity index (χ2v) is 8.19. The van der Waals surface area contributed by atoms with Crippen molar-refractivity contribution in [2.45, 2.75) is 39.3 Å². The first kappa shape index (κ1) is 19.7. The van der Waals surface area contributed by atoms with Crippen molar-refractivity contribution in [3.63, 3.8) is 0 Å². The number of nitrogens with zero attached hydrogens (tertiary/aromatic N) is 7. The molecule has 1 aliphatic heterocycles. The van der Waals surface area contributed by atoms with Crippen molar-refractivity contribution in [2.75, 3.05) is 36.4 Å². The minimum absolute atomic E-state index is 0.0193. The molecule has 0 bridgehead atoms. The van der Waals surface area contributed by atoms with E-state index in [2.05, 4.69) is 53.5 Å². The standard InChI is InChI=1S/C22H29N9/c1-4-15(2)31-20-19(14-24-31)26-22(29-11-8-23-9-12-29)27-21(20)25-16(3)18-13-17-7-5-6-10-30(17)28-18/h5-7,10,13-16,23H,4,8-9,11-12H2,1-3H3,(H,25,26,27)/t15-,16?/m0/s1. The molecule has 4 aromatic rings. The Morgan fingerprint density at radius 2 is 2.00 bits per heavy atom. The fourth-order valence-electron chi connectivity index (χ4n) is 4.01. The summed E-state index contributed by atoms with van der Waals surface area (Å²) in [7, 11) is 0. The van der Waals surface area contributed by atoms with E-state index in [-0.39, 0.29) is 12.1 Å². The number of anilines is 2. The van der Waals surface area contributed by atoms with E-state index < -0.39 is 0 Å². The molecule has 1 aliphatic rings. The molecule has 31 heavy (non-hydrogen) atoms. The first-order chi connectivity index (χ1) is 15.1. The van der Waals surface area contributed by atoms with Crippen molar-refractivity contribution in [2.24, 2.45) is 0 Å². The monoisotopic (exact) mass is 419 g/mol. The van der Waals surface area contributed by atoms with Crippen LogP contribution in [0, 0.1) is 0 Å². The Kier molecular flexibility index (Phi) is 5.19. The molecule has 2 atom stereocenters. The Balaban J connectivity index is 1.55. The molecule has 0 aromatic carbocycles. The summed E-state index contributed by atoms with van der Waals surface area (Å²) in [5, 5.41) is 16.4. The van der Waals surface area contributed by atoms with Crippen LogP contribution in [-0.4, -0.2) is 55.5 Å². The Morgan fingerprint density at radius 3 is 2.77 bits per heavy atom. The fourth-order valence-corrected chi connectivity index (χ4v) is 4.01. The van der Waals surface area contributed by atoms with E-state index in [4.69, 9.17) is 15.1 Å². The summed E-state index contributed by atoms with van der Waals surface area (Å²) in [6, 6.07) is 8.43. The minimum atomic E-state index is -0.0193. The van der Waals surface area contributed by atoms with Gasteiger partial charge < -0.3 is 15.5 Å². The molecule has 2 N–H and O–H groups in total. The summed E-state index contributed by atoms with van der Waals surface area (Å²) in [6.45, 7) is 10.1. The van der Waals surface area contributed by atoms with Crippen LogP contribution in [0.5, 0.6) is 0 Å². The van der Waals surface area contributed by atoms with Crippen LogP contribution in [0.1, 0.15) is 45.0 Å². The van der Waals surface area contributed by atoms with E-state index in [9.17, 15) is 0 Å². The zero-order valence-corrected chi connectivity index (χ0v) is 18.3. The third-order valence-electron chi connectivity index (χ3n) is 6.03. The molecule has 1 fully saturated rings. The molecule has 0 radical (unpaired) electrons. The second kappa shape index (κ2) is 8.14. The lowest BCUT2D eigenvalue weighted by atomic mass is 10.2. The van der Waals surface area contributed by atoms with E-state index >= 15 is 0 Å². The number of pyridine rings is 1. The van der Waals surface area contributed by atoms with Crippen molar-refractivity contribution in [3.05, 3.63) is 42.4 Å². The molecule has 1 saturated heterocycles. The molecular weight excluding hydrogens is 390 g/mol. The Hall–Kier alpha value is -3.20. The van der Waals surface area contributed by atoms with Gasteiger partial charge in [-0.3, -0.25) is 4.68 Å². The van der Waals surface area contributed by atoms with E-state index in [0.29, 0.717) is 0 Å². The lowest BCUT2D eigenvalue weighted by molar-refractivity contribution is 0.493. The predicted molar refractivity (Wildman–Crippen MR) is 123 cm³/mol. The van der Waals surface area contributed by atoms with Crippen molar-refractivity contribution < 1.29 is 0 Å². The van der Waals surface area contributed by atoms with E-state index in [0.717, 1.165) is 66.6 Å². The number of nitrogens with one attached hydrogen (secondary N) is 2. The van der Waals surface area contributed by atoms with Crippen LogP contribution in [0.2, 0.25) is 0 Å². The molecule has 1 unspecified atom stereocenters. The van der Waals surface area contributed by atoms with Gasteiger partial charge >= 0.3 is 0 Å². The van der Waals surface area contributed by atoms with Crippen LogP contribution in [0.3, 0.4) is 0 Å². The van der Waals surface area contributed by atoms with Crippen molar-refractivity contribution in [1.29, 1.82) is 0 Å². The maximum Gasteiger partial charge on any atom is 0.228 e. The maximum absolute atomic E-state index is 4.97. The number of rotatable bonds is 6. The number of hydrogen-bond donors (Lipinski definition) is 2. The quantitative estimate of drug-likeness (QED) is 0.497. The van der Waals surface area contributed by atoms with Gasteiger partial charge in [0.2, 0.25) is 5.95 Å². The predicted octanol–water partition coefficient (Wildman–Crippen LogP) is 3.03. The molecule has 9 nitrogen and oxygen atoms in total. The number of piperazine rings is 1. The van der Waals surface area contributed by atoms with Gasteiger partial charge in [-0.15, -0.1) is 0 Å². The van der Waals surface area contributed by atoms with Crippen LogP contribution in [0.25, 0.3) is 16.6 Å². The van der Waals surface area contributed by atoms with Gasteiger partial charge in [0, 0.05) is 38.4 Å². The van der Waals surface area contributed by atoms with Crippen LogP contribution in [-0.2, 0) is 0 Å². The average Bonchev–Trinajstić information content (AvgIpc) is 3.43. The second-order valence-electron chi connectivity index (χ2n) is 8.19. The molecule has 0 aliphatic carbocycles. The highest BCUT2D eigenvalue weighted by atomic mass is 15.3. The fraction of sp³-hybridized carbons (Fsp3) is 0.455. The molecular formula is C22H29N9. The van der Waals surface area contributed by atoms with Gasteiger partial charge in [-0.1, -0.05) is 13.0 Å². The molecule has 0 amide bonds. The van der Waals surface area contributed by atoms with Gasteiger partial charge in [-0.25, -0.2) is 9.50 Å². The van der Waals surface area contributed by atoms with Gasteiger partial charge in [0.05, 0.1) is 23.4 Å². The minimum Gasteiger partial charge on any atom is -0.360 e. The number of hydrogen-bond acceptors (Lipinski definition) is 7. The van der Waals surface area contributed by atoms with E-state index in [1.807, 2.05) is 33.7 Å². The first-order valence-electron chi connectivity index (χ1n) is 11.1. The summed E-state index contributed by atoms with van der Waals surface area (Å²) in [5.74, 6) is 1.56. The Bertz CT molecular complexity index is 1160. The highest BCUT2D eigenvalue weighted by Gasteiger charge is 2.22. The summed E-state index contributed by atoms with van der Waals surface area (Å²) in [4.78, 5) is 12.1. The zero-order valence-electron chi connectivity index (χ0n) is 18.3. The third kappa shape index (κ3) is 3.69. The first-order valence-corrected chi connectivity index (χ1v) is 11.1. The molecule has 162 valence electrons. The molecule has 5 rings (SSSR count). The lowest BCUT2D eigenvalue weighted by Gasteiger charge is -2.28. The summed E-state index contributed by atoms with van der Waals surface area (Å²) in [6.07, 6.45) is 4.81. The molecule has 0 saturated carbocycles. The summed E-state index contributed by atoms with van der Waals surface area (Å²) < 4.78 is 3.94. The van der Waals surface area contributed by atoms with E-state index in [1.54, 1.807) is 0 Å². The lowest BCUT2D eigenvalue weighted by Crippen LogP contribution is -2.44. The van der Waals surface area contributed by atoms with Crippen molar-refractivity contribution >= 4 is 28.3 Å². The molecule has 0 spiro atoms. The van der Waals surface area contributed by atoms with Gasteiger partial charge in [-0.05, 0) is 38.5 Å². The third-order valence-corrected chi connectivity index (χ3v) is 6.03. The van der Waals surface area contributed by atoms with Gasteiger partial charge in [0.25, 0.3) is 0 Å². The molecule has 5 heterocycles. The molecule has 4 aromatic heterocycles. The van der Waals surface area contributed by atoms with E-state index in [1.165, 1.54) is 0 Å². The molecule has 9 heteroatoms. The largest absolute Gasteiger partial charge is 0.360 e. The smallest absolute Gasteiger partial charge is 0.228 e. The van der Waals surface area contributed by atoms with Crippen molar-refractivity contribution in [3.8, 4) is 0 Å². The number of aromatic nitrogens is 6. The highest BCUT2D eigenvalue weighted by Crippen LogP contribution is 2.29. The topological polar surface area (TPSA) is 88.2 Å². The SMILES string of the molecule is CC[C@H](C)n1ncc2nc(N3CCNCC3)nc(NC(C)c3cc4ccccn4n3)c21. The van der Waals surface area contributed by atoms with Crippen LogP contribution in [0.15, 0.2) is 36.7 Å². The number of fused-ring (bicyclic) bond motifs is 2.